The lowest BCUT2D eigenvalue weighted by Gasteiger charge is -2.21. The Labute approximate surface area is 649 Å². The molecule has 0 aromatic heterocycles. The molecule has 4 N–H and O–H groups in total. The Balaban J connectivity index is 4.56. The van der Waals surface area contributed by atoms with Crippen LogP contribution in [0.25, 0.3) is 0 Å². The predicted molar refractivity (Wildman–Crippen MR) is 445 cm³/mol. The number of phosphoric acid groups is 2. The molecular weight excluding hydrogens is 1390 g/mol. The molecule has 0 aromatic rings. The molecule has 107 heavy (non-hydrogen) atoms. The van der Waals surface area contributed by atoms with Gasteiger partial charge in [-0.25, -0.2) is 9.13 Å². The monoisotopic (exact) mass is 1530 g/mol. The molecule has 0 fully saturated rings. The maximum atomic E-state index is 13.0. The highest BCUT2D eigenvalue weighted by molar-refractivity contribution is 7.47. The molecule has 0 radical (unpaired) electrons. The van der Waals surface area contributed by atoms with E-state index in [2.05, 4.69) is 185 Å². The van der Waals surface area contributed by atoms with Crippen molar-refractivity contribution in [2.45, 2.75) is 322 Å². The molecule has 0 heterocycles. The second kappa shape index (κ2) is 80.2. The number of aliphatic hydroxyl groups is 2. The Morgan fingerprint density at radius 2 is 0.486 bits per heavy atom. The van der Waals surface area contributed by atoms with E-state index in [0.717, 1.165) is 148 Å². The molecule has 0 saturated heterocycles. The number of hydrogen-bond donors (Lipinski definition) is 4. The van der Waals surface area contributed by atoms with Gasteiger partial charge in [-0.2, -0.15) is 0 Å². The van der Waals surface area contributed by atoms with Gasteiger partial charge in [0, 0.05) is 19.3 Å². The first kappa shape index (κ1) is 102. The number of carbonyl (C=O) groups excluding carboxylic acids is 3. The number of hydrogen-bond acceptors (Lipinski definition) is 14. The third kappa shape index (κ3) is 81.5. The van der Waals surface area contributed by atoms with Crippen molar-refractivity contribution in [1.29, 1.82) is 0 Å². The van der Waals surface area contributed by atoms with Crippen LogP contribution in [-0.2, 0) is 55.8 Å². The number of aliphatic hydroxyl groups excluding tert-OH is 2. The summed E-state index contributed by atoms with van der Waals surface area (Å²) in [6.45, 7) is 2.23. The predicted octanol–water partition coefficient (Wildman–Crippen LogP) is 24.5. The molecule has 0 amide bonds. The number of ether oxygens (including phenoxy) is 3. The third-order valence-corrected chi connectivity index (χ3v) is 18.5. The van der Waals surface area contributed by atoms with Gasteiger partial charge in [-0.05, 0) is 141 Å². The highest BCUT2D eigenvalue weighted by Gasteiger charge is 2.29. The Morgan fingerprint density at radius 1 is 0.262 bits per heavy atom. The van der Waals surface area contributed by atoms with E-state index >= 15 is 0 Å². The van der Waals surface area contributed by atoms with Crippen molar-refractivity contribution >= 4 is 33.6 Å². The summed E-state index contributed by atoms with van der Waals surface area (Å²) >= 11 is 0. The van der Waals surface area contributed by atoms with Gasteiger partial charge in [0.2, 0.25) is 0 Å². The van der Waals surface area contributed by atoms with Crippen LogP contribution in [0.15, 0.2) is 182 Å². The zero-order valence-corrected chi connectivity index (χ0v) is 68.3. The van der Waals surface area contributed by atoms with Crippen LogP contribution in [-0.4, -0.2) is 95.9 Å². The van der Waals surface area contributed by atoms with E-state index in [1.165, 1.54) is 89.9 Å². The normalized spacial score (nSPS) is 14.9. The first-order valence-electron chi connectivity index (χ1n) is 41.1. The van der Waals surface area contributed by atoms with E-state index < -0.39 is 91.5 Å². The fraction of sp³-hybridized carbons (Fsp3) is 0.629. The summed E-state index contributed by atoms with van der Waals surface area (Å²) in [6.07, 6.45) is 104. The van der Waals surface area contributed by atoms with Crippen LogP contribution >= 0.6 is 15.6 Å². The molecule has 0 saturated carbocycles. The summed E-state index contributed by atoms with van der Waals surface area (Å²) in [5.74, 6) is -1.70. The second-order valence-electron chi connectivity index (χ2n) is 26.8. The number of allylic oxidation sites excluding steroid dienone is 30. The van der Waals surface area contributed by atoms with Gasteiger partial charge in [-0.1, -0.05) is 325 Å². The Hall–Kier alpha value is -5.35. The van der Waals surface area contributed by atoms with E-state index in [1.54, 1.807) is 0 Å². The Morgan fingerprint density at radius 3 is 0.794 bits per heavy atom. The molecule has 5 unspecified atom stereocenters. The van der Waals surface area contributed by atoms with Gasteiger partial charge >= 0.3 is 33.6 Å². The maximum absolute atomic E-state index is 13.0. The largest absolute Gasteiger partial charge is 0.472 e. The van der Waals surface area contributed by atoms with Crippen LogP contribution in [0.1, 0.15) is 303 Å². The average Bonchev–Trinajstić information content (AvgIpc) is 0.934. The quantitative estimate of drug-likeness (QED) is 0.0146. The van der Waals surface area contributed by atoms with Gasteiger partial charge < -0.3 is 34.2 Å². The van der Waals surface area contributed by atoms with Crippen molar-refractivity contribution in [3.8, 4) is 0 Å². The van der Waals surface area contributed by atoms with E-state index in [0.29, 0.717) is 25.7 Å². The number of unbranched alkanes of at least 4 members (excludes halogenated alkanes) is 23. The molecule has 0 aliphatic rings. The highest BCUT2D eigenvalue weighted by Crippen LogP contribution is 2.45. The van der Waals surface area contributed by atoms with Gasteiger partial charge in [-0.3, -0.25) is 32.5 Å². The van der Waals surface area contributed by atoms with E-state index in [1.807, 2.05) is 18.2 Å². The maximum Gasteiger partial charge on any atom is 0.472 e. The molecular formula is C89H146O16P2. The first-order valence-corrected chi connectivity index (χ1v) is 44.1. The molecule has 0 bridgehead atoms. The van der Waals surface area contributed by atoms with Gasteiger partial charge in [0.05, 0.1) is 26.4 Å². The number of carbonyl (C=O) groups is 3. The van der Waals surface area contributed by atoms with Gasteiger partial charge in [-0.15, -0.1) is 0 Å². The van der Waals surface area contributed by atoms with E-state index in [-0.39, 0.29) is 19.3 Å². The second-order valence-corrected chi connectivity index (χ2v) is 29.7. The molecule has 5 atom stereocenters. The summed E-state index contributed by atoms with van der Waals surface area (Å²) in [7, 11) is -9.83. The molecule has 0 aliphatic heterocycles. The van der Waals surface area contributed by atoms with Crippen LogP contribution in [0, 0.1) is 0 Å². The lowest BCUT2D eigenvalue weighted by molar-refractivity contribution is -0.161. The topological polar surface area (TPSA) is 231 Å². The van der Waals surface area contributed by atoms with Gasteiger partial charge in [0.1, 0.15) is 25.4 Å². The molecule has 0 rings (SSSR count). The first-order chi connectivity index (χ1) is 52.2. The van der Waals surface area contributed by atoms with Crippen LogP contribution in [0.4, 0.5) is 0 Å². The molecule has 18 heteroatoms. The van der Waals surface area contributed by atoms with Crippen LogP contribution in [0.2, 0.25) is 0 Å². The lowest BCUT2D eigenvalue weighted by Crippen LogP contribution is -2.30. The summed E-state index contributed by atoms with van der Waals surface area (Å²) in [5, 5.41) is 20.7. The molecule has 0 aliphatic carbocycles. The number of rotatable bonds is 76. The van der Waals surface area contributed by atoms with Crippen molar-refractivity contribution in [2.24, 2.45) is 0 Å². The van der Waals surface area contributed by atoms with Crippen LogP contribution in [0.3, 0.4) is 0 Å². The zero-order valence-electron chi connectivity index (χ0n) is 66.5. The summed E-state index contributed by atoms with van der Waals surface area (Å²) in [4.78, 5) is 58.7. The summed E-state index contributed by atoms with van der Waals surface area (Å²) < 4.78 is 61.1. The molecule has 608 valence electrons. The van der Waals surface area contributed by atoms with Crippen LogP contribution in [0.5, 0.6) is 0 Å². The summed E-state index contributed by atoms with van der Waals surface area (Å²) in [6, 6.07) is 0. The zero-order chi connectivity index (χ0) is 78.0. The number of phosphoric ester groups is 2. The fourth-order valence-corrected chi connectivity index (χ4v) is 12.1. The Kier molecular flexibility index (Phi) is 76.2. The van der Waals surface area contributed by atoms with Crippen molar-refractivity contribution in [1.82, 2.24) is 0 Å². The van der Waals surface area contributed by atoms with Crippen molar-refractivity contribution in [2.75, 3.05) is 39.6 Å². The lowest BCUT2D eigenvalue weighted by atomic mass is 10.0. The minimum Gasteiger partial charge on any atom is -0.463 e. The number of esters is 3. The highest BCUT2D eigenvalue weighted by atomic mass is 31.2. The Bertz CT molecular complexity index is 2670. The van der Waals surface area contributed by atoms with Crippen molar-refractivity contribution < 1.29 is 75.8 Å². The van der Waals surface area contributed by atoms with Crippen LogP contribution < -0.4 is 0 Å². The SMILES string of the molecule is CC/C=C\C/C=C\C/C=C\C/C=C\C/C=C\C/C=C\CCC(=O)OCC(COP(=O)(O)OCC(O)COP(=O)(O)OCC(O)COC(=O)CCCCCCCCCCCCCCCCCCC/C=C\C/C=C\C/C=C\C/C=C\C/C=C\CC)OC(=O)CCCCCCCC/C=C\C/C=C\C/C=C\C/C=C\CC. The summed E-state index contributed by atoms with van der Waals surface area (Å²) in [5.41, 5.74) is 0. The van der Waals surface area contributed by atoms with Crippen molar-refractivity contribution in [3.63, 3.8) is 0 Å². The average molecular weight is 1530 g/mol. The van der Waals surface area contributed by atoms with Crippen molar-refractivity contribution in [3.05, 3.63) is 182 Å². The standard InChI is InChI=1S/C89H146O16P2/c1-4-7-10-13-16-19-22-25-28-31-34-35-36-37-38-39-40-41-42-43-44-45-46-47-50-52-54-57-60-63-66-69-72-75-87(92)99-78-84(90)79-101-106(95,96)102-80-85(91)81-103-107(97,98)104-83-86(105-89(94)77-74-71-68-65-62-59-56-53-49-33-30-27-24-21-18-15-12-9-6-3)82-100-88(93)76-73-70-67-64-61-58-55-51-48-32-29-26-23-20-17-14-11-8-5-2/h7-12,16-21,25-30,34-35,37-38,48-49,51,53,58,61,67,70,84-86,90-91H,4-6,13-15,22-24,31-33,36,39-47,50,52,54-57,59-60,62-66,68-69,71-83H2,1-3H3,(H,95,96)(H,97,98)/b10-7-,11-8-,12-9-,19-16-,20-17-,21-18-,28-25-,29-26-,30-27-,35-34-,38-37-,51-48-,53-49-,61-58-,70-67-. The minimum absolute atomic E-state index is 0.0357. The van der Waals surface area contributed by atoms with E-state index in [9.17, 15) is 43.5 Å². The minimum atomic E-state index is -4.96. The van der Waals surface area contributed by atoms with Gasteiger partial charge in [0.25, 0.3) is 0 Å². The molecule has 16 nitrogen and oxygen atoms in total. The third-order valence-electron chi connectivity index (χ3n) is 16.6. The fourth-order valence-electron chi connectivity index (χ4n) is 10.5. The smallest absolute Gasteiger partial charge is 0.463 e. The molecule has 0 aromatic carbocycles. The molecule has 0 spiro atoms. The van der Waals surface area contributed by atoms with E-state index in [4.69, 9.17) is 32.3 Å². The van der Waals surface area contributed by atoms with Gasteiger partial charge in [0.15, 0.2) is 6.10 Å².